The first kappa shape index (κ1) is 19.9. The van der Waals surface area contributed by atoms with Gasteiger partial charge in [-0.2, -0.15) is 0 Å². The van der Waals surface area contributed by atoms with Gasteiger partial charge in [-0.3, -0.25) is 9.59 Å². The van der Waals surface area contributed by atoms with E-state index in [4.69, 9.17) is 4.74 Å². The number of ether oxygens (including phenoxy) is 1. The summed E-state index contributed by atoms with van der Waals surface area (Å²) in [6, 6.07) is 14.8. The van der Waals surface area contributed by atoms with Gasteiger partial charge in [-0.1, -0.05) is 6.92 Å². The van der Waals surface area contributed by atoms with Gasteiger partial charge in [0.2, 0.25) is 0 Å². The number of anilines is 2. The van der Waals surface area contributed by atoms with Crippen LogP contribution in [-0.2, 0) is 4.79 Å². The smallest absolute Gasteiger partial charge is 0.262 e. The molecule has 0 aromatic heterocycles. The summed E-state index contributed by atoms with van der Waals surface area (Å²) in [4.78, 5) is 27.7. The lowest BCUT2D eigenvalue weighted by atomic mass is 10.1. The number of nitrogens with one attached hydrogen (secondary N) is 2. The fraction of sp³-hybridized carbons (Fsp3) is 0.364. The van der Waals surface area contributed by atoms with Crippen LogP contribution in [0.2, 0.25) is 0 Å². The first-order valence-corrected chi connectivity index (χ1v) is 9.77. The predicted molar refractivity (Wildman–Crippen MR) is 110 cm³/mol. The second-order valence-corrected chi connectivity index (χ2v) is 7.13. The molecule has 0 atom stereocenters. The van der Waals surface area contributed by atoms with Crippen LogP contribution in [0.5, 0.6) is 5.75 Å². The number of quaternary nitrogens is 1. The molecule has 0 saturated carbocycles. The highest BCUT2D eigenvalue weighted by Crippen LogP contribution is 2.18. The molecule has 1 fully saturated rings. The molecule has 6 nitrogen and oxygen atoms in total. The maximum atomic E-state index is 12.1. The summed E-state index contributed by atoms with van der Waals surface area (Å²) in [6.07, 6.45) is 0.469. The van der Waals surface area contributed by atoms with Gasteiger partial charge >= 0.3 is 0 Å². The number of Topliss-reactive ketones (excluding diaryl/α,β-unsaturated/α-hetero) is 1. The summed E-state index contributed by atoms with van der Waals surface area (Å²) >= 11 is 0. The number of likely N-dealkylation sites (N-methyl/N-ethyl adjacent to an activating group) is 1. The molecule has 3 rings (SSSR count). The number of carbonyl (C=O) groups excluding carboxylic acids is 2. The molecule has 0 bridgehead atoms. The minimum absolute atomic E-state index is 0.0793. The quantitative estimate of drug-likeness (QED) is 0.715. The highest BCUT2D eigenvalue weighted by molar-refractivity contribution is 5.96. The van der Waals surface area contributed by atoms with Gasteiger partial charge in [0.25, 0.3) is 5.91 Å². The van der Waals surface area contributed by atoms with Gasteiger partial charge in [-0.15, -0.1) is 0 Å². The molecule has 0 spiro atoms. The van der Waals surface area contributed by atoms with E-state index >= 15 is 0 Å². The molecule has 148 valence electrons. The fourth-order valence-electron chi connectivity index (χ4n) is 3.19. The fourth-order valence-corrected chi connectivity index (χ4v) is 3.19. The monoisotopic (exact) mass is 382 g/mol. The second kappa shape index (κ2) is 9.37. The Hall–Kier alpha value is -2.86. The van der Waals surface area contributed by atoms with E-state index in [0.717, 1.165) is 31.9 Å². The standard InChI is InChI=1S/C22H27N3O3/c1-3-21(26)17-4-10-20(11-5-17)28-16-22(27)23-18-6-8-19(9-7-18)25-14-12-24(2)13-15-25/h4-11H,3,12-16H2,1-2H3,(H,23,27)/p+1. The number of carbonyl (C=O) groups is 2. The van der Waals surface area contributed by atoms with Crippen LogP contribution in [0.25, 0.3) is 0 Å². The van der Waals surface area contributed by atoms with Crippen LogP contribution in [0, 0.1) is 0 Å². The van der Waals surface area contributed by atoms with Crippen molar-refractivity contribution in [3.63, 3.8) is 0 Å². The Bertz CT molecular complexity index is 795. The molecule has 0 unspecified atom stereocenters. The van der Waals surface area contributed by atoms with E-state index in [1.165, 1.54) is 5.69 Å². The van der Waals surface area contributed by atoms with Crippen LogP contribution in [0.15, 0.2) is 48.5 Å². The molecule has 0 radical (unpaired) electrons. The van der Waals surface area contributed by atoms with Gasteiger partial charge in [-0.05, 0) is 48.5 Å². The molecule has 6 heteroatoms. The number of benzene rings is 2. The van der Waals surface area contributed by atoms with Crippen molar-refractivity contribution < 1.29 is 19.2 Å². The van der Waals surface area contributed by atoms with E-state index in [1.54, 1.807) is 29.2 Å². The lowest BCUT2D eigenvalue weighted by Gasteiger charge is -2.31. The Morgan fingerprint density at radius 3 is 2.29 bits per heavy atom. The molecular formula is C22H28N3O3+. The summed E-state index contributed by atoms with van der Waals surface area (Å²) in [6.45, 7) is 6.13. The van der Waals surface area contributed by atoms with Crippen molar-refractivity contribution >= 4 is 23.1 Å². The van der Waals surface area contributed by atoms with Gasteiger partial charge in [0.05, 0.1) is 33.2 Å². The van der Waals surface area contributed by atoms with E-state index in [9.17, 15) is 9.59 Å². The summed E-state index contributed by atoms with van der Waals surface area (Å²) in [5.74, 6) is 0.436. The zero-order chi connectivity index (χ0) is 19.9. The summed E-state index contributed by atoms with van der Waals surface area (Å²) in [7, 11) is 2.22. The van der Waals surface area contributed by atoms with Crippen LogP contribution in [0.1, 0.15) is 23.7 Å². The van der Waals surface area contributed by atoms with Crippen LogP contribution in [0.4, 0.5) is 11.4 Å². The summed E-state index contributed by atoms with van der Waals surface area (Å²) in [5.41, 5.74) is 2.59. The van der Waals surface area contributed by atoms with Crippen molar-refractivity contribution in [2.24, 2.45) is 0 Å². The van der Waals surface area contributed by atoms with Crippen molar-refractivity contribution in [3.8, 4) is 5.75 Å². The molecule has 1 aliphatic rings. The maximum absolute atomic E-state index is 12.1. The van der Waals surface area contributed by atoms with Crippen LogP contribution < -0.4 is 19.9 Å². The zero-order valence-corrected chi connectivity index (χ0v) is 16.5. The SMILES string of the molecule is CCC(=O)c1ccc(OCC(=O)Nc2ccc(N3CC[NH+](C)CC3)cc2)cc1. The minimum Gasteiger partial charge on any atom is -0.484 e. The molecule has 1 saturated heterocycles. The lowest BCUT2D eigenvalue weighted by molar-refractivity contribution is -0.880. The number of hydrogen-bond acceptors (Lipinski definition) is 4. The third-order valence-electron chi connectivity index (χ3n) is 5.00. The number of hydrogen-bond donors (Lipinski definition) is 2. The van der Waals surface area contributed by atoms with Gasteiger partial charge < -0.3 is 19.9 Å². The number of rotatable bonds is 7. The molecule has 0 aliphatic carbocycles. The molecule has 2 aromatic carbocycles. The molecule has 2 aromatic rings. The maximum Gasteiger partial charge on any atom is 0.262 e. The van der Waals surface area contributed by atoms with E-state index in [-0.39, 0.29) is 18.3 Å². The zero-order valence-electron chi connectivity index (χ0n) is 16.5. The third kappa shape index (κ3) is 5.33. The topological polar surface area (TPSA) is 63.1 Å². The molecule has 2 N–H and O–H groups in total. The number of piperazine rings is 1. The van der Waals surface area contributed by atoms with Crippen molar-refractivity contribution in [1.82, 2.24) is 0 Å². The van der Waals surface area contributed by atoms with E-state index in [2.05, 4.69) is 17.3 Å². The third-order valence-corrected chi connectivity index (χ3v) is 5.00. The summed E-state index contributed by atoms with van der Waals surface area (Å²) in [5, 5.41) is 2.85. The number of nitrogens with zero attached hydrogens (tertiary/aromatic N) is 1. The highest BCUT2D eigenvalue weighted by atomic mass is 16.5. The van der Waals surface area contributed by atoms with E-state index in [1.807, 2.05) is 31.2 Å². The Kier molecular flexibility index (Phi) is 6.66. The van der Waals surface area contributed by atoms with Crippen molar-refractivity contribution in [2.75, 3.05) is 50.1 Å². The van der Waals surface area contributed by atoms with Crippen LogP contribution in [-0.4, -0.2) is 51.5 Å². The number of amides is 1. The van der Waals surface area contributed by atoms with Crippen molar-refractivity contribution in [2.45, 2.75) is 13.3 Å². The predicted octanol–water partition coefficient (Wildman–Crippen LogP) is 1.63. The normalized spacial score (nSPS) is 14.6. The van der Waals surface area contributed by atoms with Gasteiger partial charge in [0, 0.05) is 23.4 Å². The number of ketones is 1. The first-order chi connectivity index (χ1) is 13.5. The van der Waals surface area contributed by atoms with Crippen molar-refractivity contribution in [1.29, 1.82) is 0 Å². The average Bonchev–Trinajstić information content (AvgIpc) is 2.73. The Labute approximate surface area is 166 Å². The van der Waals surface area contributed by atoms with Crippen LogP contribution in [0.3, 0.4) is 0 Å². The van der Waals surface area contributed by atoms with Gasteiger partial charge in [0.15, 0.2) is 12.4 Å². The van der Waals surface area contributed by atoms with Crippen molar-refractivity contribution in [3.05, 3.63) is 54.1 Å². The van der Waals surface area contributed by atoms with E-state index < -0.39 is 0 Å². The van der Waals surface area contributed by atoms with Gasteiger partial charge in [-0.25, -0.2) is 0 Å². The average molecular weight is 382 g/mol. The molecule has 1 aliphatic heterocycles. The van der Waals surface area contributed by atoms with E-state index in [0.29, 0.717) is 17.7 Å². The lowest BCUT2D eigenvalue weighted by Crippen LogP contribution is -3.12. The minimum atomic E-state index is -0.218. The Balaban J connectivity index is 1.47. The summed E-state index contributed by atoms with van der Waals surface area (Å²) < 4.78 is 5.50. The van der Waals surface area contributed by atoms with Gasteiger partial charge in [0.1, 0.15) is 5.75 Å². The largest absolute Gasteiger partial charge is 0.484 e. The first-order valence-electron chi connectivity index (χ1n) is 9.77. The highest BCUT2D eigenvalue weighted by Gasteiger charge is 2.16. The Morgan fingerprint density at radius 2 is 1.68 bits per heavy atom. The molecule has 1 heterocycles. The molecule has 28 heavy (non-hydrogen) atoms. The Morgan fingerprint density at radius 1 is 1.04 bits per heavy atom. The molecule has 1 amide bonds. The molecular weight excluding hydrogens is 354 g/mol. The van der Waals surface area contributed by atoms with Crippen LogP contribution >= 0.6 is 0 Å². The second-order valence-electron chi connectivity index (χ2n) is 7.13.